The zero-order chi connectivity index (χ0) is 27.3. The first-order chi connectivity index (χ1) is 17.5. The first-order valence-electron chi connectivity index (χ1n) is 11.9. The second-order valence-electron chi connectivity index (χ2n) is 9.07. The lowest BCUT2D eigenvalue weighted by Gasteiger charge is -2.18. The van der Waals surface area contributed by atoms with Crippen molar-refractivity contribution in [3.8, 4) is 11.1 Å². The Labute approximate surface area is 214 Å². The Morgan fingerprint density at radius 1 is 1.14 bits per heavy atom. The molecule has 1 saturated carbocycles. The maximum Gasteiger partial charge on any atom is 0.360 e. The van der Waals surface area contributed by atoms with Gasteiger partial charge in [-0.3, -0.25) is 9.59 Å². The first kappa shape index (κ1) is 27.5. The van der Waals surface area contributed by atoms with Crippen LogP contribution in [0.25, 0.3) is 17.2 Å². The highest BCUT2D eigenvalue weighted by atomic mass is 16.7. The molecule has 10 nitrogen and oxygen atoms in total. The van der Waals surface area contributed by atoms with Gasteiger partial charge in [0.2, 0.25) is 6.29 Å². The van der Waals surface area contributed by atoms with Crippen molar-refractivity contribution in [3.63, 3.8) is 0 Å². The number of benzene rings is 1. The lowest BCUT2D eigenvalue weighted by Crippen LogP contribution is -2.28. The molecular weight excluding hydrogens is 480 g/mol. The van der Waals surface area contributed by atoms with Crippen LogP contribution in [-0.2, 0) is 20.9 Å². The quantitative estimate of drug-likeness (QED) is 0.305. The summed E-state index contributed by atoms with van der Waals surface area (Å²) in [5.74, 6) is -3.42. The van der Waals surface area contributed by atoms with Crippen molar-refractivity contribution >= 4 is 29.9 Å². The number of hydrogen-bond acceptors (Lipinski definition) is 8. The van der Waals surface area contributed by atoms with Crippen molar-refractivity contribution < 1.29 is 38.9 Å². The summed E-state index contributed by atoms with van der Waals surface area (Å²) in [7, 11) is 0. The Bertz CT molecular complexity index is 1230. The van der Waals surface area contributed by atoms with Crippen molar-refractivity contribution in [1.29, 1.82) is 0 Å². The Morgan fingerprint density at radius 2 is 1.84 bits per heavy atom. The van der Waals surface area contributed by atoms with E-state index in [1.807, 2.05) is 0 Å². The van der Waals surface area contributed by atoms with Gasteiger partial charge in [-0.25, -0.2) is 14.6 Å². The fourth-order valence-electron chi connectivity index (χ4n) is 3.53. The van der Waals surface area contributed by atoms with Crippen LogP contribution in [0.1, 0.15) is 76.1 Å². The molecule has 37 heavy (non-hydrogen) atoms. The van der Waals surface area contributed by atoms with Gasteiger partial charge in [0, 0.05) is 19.0 Å². The van der Waals surface area contributed by atoms with E-state index >= 15 is 0 Å². The number of carbonyl (C=O) groups is 4. The highest BCUT2D eigenvalue weighted by Crippen LogP contribution is 2.31. The standard InChI is InChI=1S/C27H30N2O8/c1-5-17-10-21(25(32)33)20(11-18(17)13-30)19-8-9-22(24(31)28-12-16-6-7-16)29-23(19)27(35)37-15(4)36-26(34)14(2)3/h5,8-11,14-16,30H,1,6-7,12-13H2,2-4H3,(H,28,31)(H,32,33). The van der Waals surface area contributed by atoms with Gasteiger partial charge in [-0.05, 0) is 59.7 Å². The molecule has 0 aliphatic heterocycles. The Morgan fingerprint density at radius 3 is 2.41 bits per heavy atom. The molecule has 1 aromatic carbocycles. The van der Waals surface area contributed by atoms with Gasteiger partial charge in [-0.1, -0.05) is 26.5 Å². The fraction of sp³-hybridized carbons (Fsp3) is 0.370. The number of carboxylic acid groups (broad SMARTS) is 1. The predicted molar refractivity (Wildman–Crippen MR) is 134 cm³/mol. The number of aliphatic hydroxyl groups is 1. The van der Waals surface area contributed by atoms with E-state index in [9.17, 15) is 29.4 Å². The molecule has 0 spiro atoms. The summed E-state index contributed by atoms with van der Waals surface area (Å²) in [5, 5.41) is 22.4. The molecule has 1 aliphatic carbocycles. The van der Waals surface area contributed by atoms with Crippen LogP contribution in [0.3, 0.4) is 0 Å². The van der Waals surface area contributed by atoms with Crippen LogP contribution in [0, 0.1) is 11.8 Å². The number of carbonyl (C=O) groups excluding carboxylic acids is 3. The van der Waals surface area contributed by atoms with Gasteiger partial charge in [0.05, 0.1) is 18.1 Å². The Hall–Kier alpha value is -4.05. The van der Waals surface area contributed by atoms with Crippen LogP contribution in [0.2, 0.25) is 0 Å². The number of pyridine rings is 1. The van der Waals surface area contributed by atoms with E-state index in [1.165, 1.54) is 37.3 Å². The minimum absolute atomic E-state index is 0.0637. The number of carboxylic acids is 1. The summed E-state index contributed by atoms with van der Waals surface area (Å²) >= 11 is 0. The molecule has 1 aliphatic rings. The van der Waals surface area contributed by atoms with Crippen molar-refractivity contribution in [2.75, 3.05) is 6.54 Å². The number of aromatic carboxylic acids is 1. The minimum Gasteiger partial charge on any atom is -0.478 e. The summed E-state index contributed by atoms with van der Waals surface area (Å²) in [5.41, 5.74) is 0.348. The monoisotopic (exact) mass is 510 g/mol. The number of hydrogen-bond donors (Lipinski definition) is 3. The molecule has 1 heterocycles. The second-order valence-corrected chi connectivity index (χ2v) is 9.07. The molecule has 1 fully saturated rings. The first-order valence-corrected chi connectivity index (χ1v) is 11.9. The van der Waals surface area contributed by atoms with E-state index < -0.39 is 42.6 Å². The largest absolute Gasteiger partial charge is 0.478 e. The van der Waals surface area contributed by atoms with E-state index in [0.29, 0.717) is 23.6 Å². The third kappa shape index (κ3) is 6.79. The average Bonchev–Trinajstić information content (AvgIpc) is 3.70. The summed E-state index contributed by atoms with van der Waals surface area (Å²) in [4.78, 5) is 54.1. The van der Waals surface area contributed by atoms with Gasteiger partial charge in [0.15, 0.2) is 5.69 Å². The van der Waals surface area contributed by atoms with Crippen LogP contribution in [0.15, 0.2) is 30.8 Å². The zero-order valence-corrected chi connectivity index (χ0v) is 20.9. The molecule has 0 bridgehead atoms. The lowest BCUT2D eigenvalue weighted by atomic mass is 9.92. The number of amides is 1. The molecule has 1 aromatic heterocycles. The second kappa shape index (κ2) is 11.8. The molecule has 0 saturated heterocycles. The Kier molecular flexibility index (Phi) is 8.77. The van der Waals surface area contributed by atoms with Crippen molar-refractivity contribution in [3.05, 3.63) is 58.9 Å². The van der Waals surface area contributed by atoms with Crippen LogP contribution < -0.4 is 5.32 Å². The van der Waals surface area contributed by atoms with Crippen molar-refractivity contribution in [1.82, 2.24) is 10.3 Å². The smallest absolute Gasteiger partial charge is 0.360 e. The van der Waals surface area contributed by atoms with Gasteiger partial charge in [-0.15, -0.1) is 0 Å². The van der Waals surface area contributed by atoms with E-state index in [4.69, 9.17) is 9.47 Å². The topological polar surface area (TPSA) is 152 Å². The predicted octanol–water partition coefficient (Wildman–Crippen LogP) is 3.42. The van der Waals surface area contributed by atoms with Crippen LogP contribution in [-0.4, -0.2) is 51.8 Å². The third-order valence-electron chi connectivity index (χ3n) is 5.79. The fourth-order valence-corrected chi connectivity index (χ4v) is 3.53. The molecule has 1 amide bonds. The van der Waals surface area contributed by atoms with Crippen molar-refractivity contribution in [2.45, 2.75) is 46.5 Å². The molecule has 3 rings (SSSR count). The minimum atomic E-state index is -1.28. The number of aliphatic hydroxyl groups excluding tert-OH is 1. The highest BCUT2D eigenvalue weighted by Gasteiger charge is 2.27. The van der Waals surface area contributed by atoms with Crippen LogP contribution in [0.4, 0.5) is 0 Å². The number of ether oxygens (including phenoxy) is 2. The van der Waals surface area contributed by atoms with Gasteiger partial charge in [0.25, 0.3) is 5.91 Å². The van der Waals surface area contributed by atoms with Crippen LogP contribution in [0.5, 0.6) is 0 Å². The average molecular weight is 511 g/mol. The van der Waals surface area contributed by atoms with E-state index in [1.54, 1.807) is 13.8 Å². The van der Waals surface area contributed by atoms with E-state index in [-0.39, 0.29) is 28.1 Å². The SMILES string of the molecule is C=Cc1cc(C(=O)O)c(-c2ccc(C(=O)NCC3CC3)nc2C(=O)OC(C)OC(=O)C(C)C)cc1CO. The third-order valence-corrected chi connectivity index (χ3v) is 5.79. The van der Waals surface area contributed by atoms with Crippen LogP contribution >= 0.6 is 0 Å². The van der Waals surface area contributed by atoms with E-state index in [2.05, 4.69) is 16.9 Å². The summed E-state index contributed by atoms with van der Waals surface area (Å²) in [6.07, 6.45) is 2.21. The summed E-state index contributed by atoms with van der Waals surface area (Å²) < 4.78 is 10.4. The maximum atomic E-state index is 13.2. The van der Waals surface area contributed by atoms with Gasteiger partial charge < -0.3 is 25.0 Å². The molecule has 1 atom stereocenters. The molecule has 0 radical (unpaired) electrons. The molecule has 3 N–H and O–H groups in total. The molecule has 2 aromatic rings. The van der Waals surface area contributed by atoms with Gasteiger partial charge in [-0.2, -0.15) is 0 Å². The molecule has 196 valence electrons. The summed E-state index contributed by atoms with van der Waals surface area (Å²) in [6, 6.07) is 5.52. The summed E-state index contributed by atoms with van der Waals surface area (Å²) in [6.45, 7) is 8.32. The molecule has 1 unspecified atom stereocenters. The van der Waals surface area contributed by atoms with Gasteiger partial charge >= 0.3 is 17.9 Å². The maximum absolute atomic E-state index is 13.2. The lowest BCUT2D eigenvalue weighted by molar-refractivity contribution is -0.169. The number of esters is 2. The number of aromatic nitrogens is 1. The molecular formula is C27H30N2O8. The van der Waals surface area contributed by atoms with Crippen molar-refractivity contribution in [2.24, 2.45) is 11.8 Å². The highest BCUT2D eigenvalue weighted by molar-refractivity contribution is 6.03. The normalized spacial score (nSPS) is 13.5. The number of nitrogens with one attached hydrogen (secondary N) is 1. The number of nitrogens with zero attached hydrogens (tertiary/aromatic N) is 1. The molecule has 10 heteroatoms. The number of rotatable bonds is 11. The van der Waals surface area contributed by atoms with E-state index in [0.717, 1.165) is 12.8 Å². The zero-order valence-electron chi connectivity index (χ0n) is 20.9. The Balaban J connectivity index is 2.07. The van der Waals surface area contributed by atoms with Gasteiger partial charge in [0.1, 0.15) is 5.69 Å².